The van der Waals surface area contributed by atoms with Crippen LogP contribution in [0.3, 0.4) is 0 Å². The van der Waals surface area contributed by atoms with Gasteiger partial charge in [-0.3, -0.25) is 0 Å². The molecule has 3 nitrogen and oxygen atoms in total. The van der Waals surface area contributed by atoms with Gasteiger partial charge in [0, 0.05) is 12.7 Å². The van der Waals surface area contributed by atoms with Gasteiger partial charge in [0.05, 0.1) is 0 Å². The molecule has 26 heavy (non-hydrogen) atoms. The van der Waals surface area contributed by atoms with E-state index in [2.05, 4.69) is 69.3 Å². The molecule has 0 aliphatic carbocycles. The van der Waals surface area contributed by atoms with Crippen LogP contribution in [0.25, 0.3) is 0 Å². The van der Waals surface area contributed by atoms with Crippen molar-refractivity contribution >= 4 is 24.7 Å². The monoisotopic (exact) mass is 368 g/mol. The van der Waals surface area contributed by atoms with E-state index in [0.717, 1.165) is 0 Å². The molecular weight excluding hydrogens is 340 g/mol. The molecule has 0 aliphatic rings. The molecule has 1 unspecified atom stereocenters. The van der Waals surface area contributed by atoms with Crippen LogP contribution in [0.4, 0.5) is 0 Å². The number of carbonyl (C=O) groups is 1. The van der Waals surface area contributed by atoms with Crippen molar-refractivity contribution in [1.82, 2.24) is 0 Å². The van der Waals surface area contributed by atoms with E-state index in [9.17, 15) is 4.79 Å². The first-order valence-electron chi connectivity index (χ1n) is 8.93. The SMILES string of the molecule is CC(C=CC(=O)O)CO[Si](c1ccccc1)(c1ccccc1)C(C)(C)C. The quantitative estimate of drug-likeness (QED) is 0.597. The van der Waals surface area contributed by atoms with Crippen molar-refractivity contribution in [1.29, 1.82) is 0 Å². The van der Waals surface area contributed by atoms with E-state index in [4.69, 9.17) is 9.53 Å². The molecule has 0 radical (unpaired) electrons. The lowest BCUT2D eigenvalue weighted by Gasteiger charge is -2.43. The lowest BCUT2D eigenvalue weighted by atomic mass is 10.2. The summed E-state index contributed by atoms with van der Waals surface area (Å²) in [6.45, 7) is 9.17. The highest BCUT2D eigenvalue weighted by Gasteiger charge is 2.50. The molecule has 1 N–H and O–H groups in total. The van der Waals surface area contributed by atoms with Crippen molar-refractivity contribution in [3.05, 3.63) is 72.8 Å². The van der Waals surface area contributed by atoms with Crippen LogP contribution in [0, 0.1) is 5.92 Å². The van der Waals surface area contributed by atoms with Gasteiger partial charge in [-0.2, -0.15) is 0 Å². The summed E-state index contributed by atoms with van der Waals surface area (Å²) in [7, 11) is -2.55. The van der Waals surface area contributed by atoms with Crippen molar-refractivity contribution in [2.75, 3.05) is 6.61 Å². The molecule has 138 valence electrons. The van der Waals surface area contributed by atoms with Crippen LogP contribution in [0.2, 0.25) is 5.04 Å². The van der Waals surface area contributed by atoms with Gasteiger partial charge in [-0.05, 0) is 21.3 Å². The summed E-state index contributed by atoms with van der Waals surface area (Å²) in [6.07, 6.45) is 2.89. The minimum Gasteiger partial charge on any atom is -0.478 e. The summed E-state index contributed by atoms with van der Waals surface area (Å²) in [5.74, 6) is -0.907. The number of benzene rings is 2. The second kappa shape index (κ2) is 8.47. The number of carboxylic acid groups (broad SMARTS) is 1. The highest BCUT2D eigenvalue weighted by atomic mass is 28.4. The molecule has 0 aliphatic heterocycles. The third-order valence-electron chi connectivity index (χ3n) is 4.55. The molecule has 0 bridgehead atoms. The zero-order valence-corrected chi connectivity index (χ0v) is 17.0. The standard InChI is InChI=1S/C22H28O3Si/c1-18(15-16-21(23)24)17-25-26(22(2,3)4,19-11-7-5-8-12-19)20-13-9-6-10-14-20/h5-16,18H,17H2,1-4H3,(H,23,24). The van der Waals surface area contributed by atoms with Crippen LogP contribution in [-0.4, -0.2) is 26.0 Å². The zero-order valence-electron chi connectivity index (χ0n) is 16.0. The van der Waals surface area contributed by atoms with Crippen LogP contribution < -0.4 is 10.4 Å². The number of hydrogen-bond donors (Lipinski definition) is 1. The Kier molecular flexibility index (Phi) is 6.56. The van der Waals surface area contributed by atoms with E-state index in [1.54, 1.807) is 6.08 Å². The first-order valence-corrected chi connectivity index (χ1v) is 10.8. The molecule has 0 saturated carbocycles. The summed E-state index contributed by atoms with van der Waals surface area (Å²) in [6, 6.07) is 20.9. The van der Waals surface area contributed by atoms with Gasteiger partial charge in [0.2, 0.25) is 0 Å². The Morgan fingerprint density at radius 2 is 1.50 bits per heavy atom. The zero-order chi connectivity index (χ0) is 19.2. The fraction of sp³-hybridized carbons (Fsp3) is 0.318. The lowest BCUT2D eigenvalue weighted by Crippen LogP contribution is -2.66. The number of aliphatic carboxylic acids is 1. The van der Waals surface area contributed by atoms with Gasteiger partial charge in [0.15, 0.2) is 0 Å². The summed E-state index contributed by atoms with van der Waals surface area (Å²) in [5, 5.41) is 11.2. The molecule has 2 aromatic rings. The van der Waals surface area contributed by atoms with Crippen LogP contribution in [0.15, 0.2) is 72.8 Å². The smallest absolute Gasteiger partial charge is 0.327 e. The van der Waals surface area contributed by atoms with Crippen LogP contribution in [0.1, 0.15) is 27.7 Å². The van der Waals surface area contributed by atoms with E-state index >= 15 is 0 Å². The first kappa shape index (κ1) is 20.1. The second-order valence-electron chi connectivity index (χ2n) is 7.65. The van der Waals surface area contributed by atoms with Gasteiger partial charge in [0.25, 0.3) is 8.32 Å². The Morgan fingerprint density at radius 3 is 1.88 bits per heavy atom. The molecule has 0 spiro atoms. The van der Waals surface area contributed by atoms with E-state index in [0.29, 0.717) is 6.61 Å². The molecule has 0 heterocycles. The Morgan fingerprint density at radius 1 is 1.04 bits per heavy atom. The predicted octanol–water partition coefficient (Wildman–Crippen LogP) is 3.84. The molecule has 0 aromatic heterocycles. The molecule has 2 rings (SSSR count). The van der Waals surface area contributed by atoms with Crippen molar-refractivity contribution in [2.24, 2.45) is 5.92 Å². The summed E-state index contributed by atoms with van der Waals surface area (Å²) in [5.41, 5.74) is 0. The van der Waals surface area contributed by atoms with Crippen molar-refractivity contribution in [2.45, 2.75) is 32.7 Å². The van der Waals surface area contributed by atoms with Crippen molar-refractivity contribution in [3.63, 3.8) is 0 Å². The van der Waals surface area contributed by atoms with Gasteiger partial charge < -0.3 is 9.53 Å². The fourth-order valence-corrected chi connectivity index (χ4v) is 7.99. The number of hydrogen-bond acceptors (Lipinski definition) is 2. The molecular formula is C22H28O3Si. The Labute approximate surface area is 157 Å². The molecule has 0 amide bonds. The highest BCUT2D eigenvalue weighted by Crippen LogP contribution is 2.37. The summed E-state index contributed by atoms with van der Waals surface area (Å²) < 4.78 is 6.76. The average molecular weight is 369 g/mol. The average Bonchev–Trinajstić information content (AvgIpc) is 2.61. The molecule has 4 heteroatoms. The summed E-state index contributed by atoms with van der Waals surface area (Å²) in [4.78, 5) is 10.8. The maximum absolute atomic E-state index is 10.8. The van der Waals surface area contributed by atoms with Crippen molar-refractivity contribution < 1.29 is 14.3 Å². The van der Waals surface area contributed by atoms with Gasteiger partial charge >= 0.3 is 5.97 Å². The Bertz CT molecular complexity index is 693. The van der Waals surface area contributed by atoms with Gasteiger partial charge in [-0.1, -0.05) is 94.4 Å². The number of rotatable bonds is 7. The third-order valence-corrected chi connectivity index (χ3v) is 9.55. The Hall–Kier alpha value is -2.17. The minimum absolute atomic E-state index is 0.0211. The van der Waals surface area contributed by atoms with E-state index in [-0.39, 0.29) is 11.0 Å². The van der Waals surface area contributed by atoms with E-state index in [1.807, 2.05) is 19.1 Å². The van der Waals surface area contributed by atoms with E-state index in [1.165, 1.54) is 16.4 Å². The van der Waals surface area contributed by atoms with Gasteiger partial charge in [0.1, 0.15) is 0 Å². The topological polar surface area (TPSA) is 46.5 Å². The van der Waals surface area contributed by atoms with Crippen molar-refractivity contribution in [3.8, 4) is 0 Å². The second-order valence-corrected chi connectivity index (χ2v) is 12.0. The molecule has 0 saturated heterocycles. The van der Waals surface area contributed by atoms with Crippen LogP contribution in [0.5, 0.6) is 0 Å². The largest absolute Gasteiger partial charge is 0.478 e. The normalized spacial score (nSPS) is 13.7. The highest BCUT2D eigenvalue weighted by molar-refractivity contribution is 6.99. The van der Waals surface area contributed by atoms with Crippen LogP contribution >= 0.6 is 0 Å². The maximum Gasteiger partial charge on any atom is 0.327 e. The van der Waals surface area contributed by atoms with E-state index < -0.39 is 14.3 Å². The summed E-state index contributed by atoms with van der Waals surface area (Å²) >= 11 is 0. The van der Waals surface area contributed by atoms with Gasteiger partial charge in [-0.25, -0.2) is 4.79 Å². The lowest BCUT2D eigenvalue weighted by molar-refractivity contribution is -0.131. The third kappa shape index (κ3) is 4.51. The maximum atomic E-state index is 10.8. The van der Waals surface area contributed by atoms with Crippen LogP contribution in [-0.2, 0) is 9.22 Å². The predicted molar refractivity (Wildman–Crippen MR) is 110 cm³/mol. The molecule has 2 aromatic carbocycles. The number of carboxylic acids is 1. The Balaban J connectivity index is 2.49. The van der Waals surface area contributed by atoms with Gasteiger partial charge in [-0.15, -0.1) is 0 Å². The fourth-order valence-electron chi connectivity index (χ4n) is 3.32. The molecule has 0 fully saturated rings. The first-order chi connectivity index (χ1) is 12.3. The minimum atomic E-state index is -2.55. The molecule has 1 atom stereocenters.